The standard InChI is InChI=1S/C21H25N5O/c1-15(19-12-23-26(4)14-19)24-21(27)18-8-6-17(7-9-18)20-10-5-16(11-22-20)13-25(2)3/h5-12,14-15H,13H2,1-4H3,(H,24,27)/t15-/m1/s1. The number of amides is 1. The number of aryl methyl sites for hydroxylation is 1. The first-order valence-electron chi connectivity index (χ1n) is 8.92. The van der Waals surface area contributed by atoms with Crippen LogP contribution in [0.1, 0.15) is 34.5 Å². The van der Waals surface area contributed by atoms with Gasteiger partial charge in [0, 0.05) is 42.7 Å². The van der Waals surface area contributed by atoms with E-state index in [0.717, 1.165) is 23.4 Å². The summed E-state index contributed by atoms with van der Waals surface area (Å²) in [5, 5.41) is 7.14. The van der Waals surface area contributed by atoms with Crippen LogP contribution in [-0.4, -0.2) is 39.7 Å². The van der Waals surface area contributed by atoms with Gasteiger partial charge in [0.05, 0.1) is 17.9 Å². The Kier molecular flexibility index (Phi) is 5.66. The van der Waals surface area contributed by atoms with Crippen LogP contribution in [0.25, 0.3) is 11.3 Å². The van der Waals surface area contributed by atoms with Crippen molar-refractivity contribution in [3.05, 3.63) is 71.7 Å². The molecule has 1 atom stereocenters. The van der Waals surface area contributed by atoms with E-state index in [1.54, 1.807) is 10.9 Å². The molecule has 2 aromatic heterocycles. The number of carbonyl (C=O) groups excluding carboxylic acids is 1. The Hall–Kier alpha value is -2.99. The number of aromatic nitrogens is 3. The minimum atomic E-state index is -0.104. The largest absolute Gasteiger partial charge is 0.345 e. The van der Waals surface area contributed by atoms with Gasteiger partial charge in [-0.2, -0.15) is 5.10 Å². The molecule has 3 aromatic rings. The van der Waals surface area contributed by atoms with Gasteiger partial charge < -0.3 is 10.2 Å². The summed E-state index contributed by atoms with van der Waals surface area (Å²) in [7, 11) is 5.93. The van der Waals surface area contributed by atoms with E-state index in [4.69, 9.17) is 0 Å². The first-order valence-corrected chi connectivity index (χ1v) is 8.92. The van der Waals surface area contributed by atoms with Crippen molar-refractivity contribution in [2.75, 3.05) is 14.1 Å². The monoisotopic (exact) mass is 363 g/mol. The third-order valence-corrected chi connectivity index (χ3v) is 4.34. The molecular weight excluding hydrogens is 338 g/mol. The lowest BCUT2D eigenvalue weighted by Crippen LogP contribution is -2.26. The van der Waals surface area contributed by atoms with Gasteiger partial charge in [-0.1, -0.05) is 18.2 Å². The van der Waals surface area contributed by atoms with Crippen molar-refractivity contribution in [1.82, 2.24) is 25.0 Å². The maximum absolute atomic E-state index is 12.5. The van der Waals surface area contributed by atoms with Crippen LogP contribution in [0.2, 0.25) is 0 Å². The first-order chi connectivity index (χ1) is 12.9. The zero-order valence-corrected chi connectivity index (χ0v) is 16.2. The highest BCUT2D eigenvalue weighted by molar-refractivity contribution is 5.94. The van der Waals surface area contributed by atoms with Crippen molar-refractivity contribution in [3.63, 3.8) is 0 Å². The van der Waals surface area contributed by atoms with E-state index in [1.165, 1.54) is 5.56 Å². The fourth-order valence-corrected chi connectivity index (χ4v) is 2.87. The molecule has 0 spiro atoms. The molecule has 0 bridgehead atoms. The predicted molar refractivity (Wildman–Crippen MR) is 106 cm³/mol. The summed E-state index contributed by atoms with van der Waals surface area (Å²) in [6.45, 7) is 2.81. The highest BCUT2D eigenvalue weighted by Crippen LogP contribution is 2.19. The van der Waals surface area contributed by atoms with Gasteiger partial charge in [0.1, 0.15) is 0 Å². The number of rotatable bonds is 6. The number of nitrogens with zero attached hydrogens (tertiary/aromatic N) is 4. The van der Waals surface area contributed by atoms with Gasteiger partial charge in [0.15, 0.2) is 0 Å². The topological polar surface area (TPSA) is 63.1 Å². The molecule has 6 heteroatoms. The lowest BCUT2D eigenvalue weighted by atomic mass is 10.1. The van der Waals surface area contributed by atoms with Crippen molar-refractivity contribution >= 4 is 5.91 Å². The molecule has 6 nitrogen and oxygen atoms in total. The Labute approximate surface area is 159 Å². The van der Waals surface area contributed by atoms with Crippen molar-refractivity contribution in [2.24, 2.45) is 7.05 Å². The molecule has 0 unspecified atom stereocenters. The van der Waals surface area contributed by atoms with Crippen LogP contribution >= 0.6 is 0 Å². The van der Waals surface area contributed by atoms with Crippen molar-refractivity contribution < 1.29 is 4.79 Å². The molecule has 0 aliphatic rings. The summed E-state index contributed by atoms with van der Waals surface area (Å²) < 4.78 is 1.73. The minimum Gasteiger partial charge on any atom is -0.345 e. The van der Waals surface area contributed by atoms with E-state index in [1.807, 2.05) is 70.8 Å². The summed E-state index contributed by atoms with van der Waals surface area (Å²) >= 11 is 0. The smallest absolute Gasteiger partial charge is 0.251 e. The second kappa shape index (κ2) is 8.14. The van der Waals surface area contributed by atoms with E-state index in [2.05, 4.69) is 26.4 Å². The lowest BCUT2D eigenvalue weighted by Gasteiger charge is -2.12. The third-order valence-electron chi connectivity index (χ3n) is 4.34. The Bertz CT molecular complexity index is 897. The second-order valence-electron chi connectivity index (χ2n) is 7.01. The zero-order valence-electron chi connectivity index (χ0n) is 16.2. The van der Waals surface area contributed by atoms with E-state index in [-0.39, 0.29) is 11.9 Å². The van der Waals surface area contributed by atoms with Crippen molar-refractivity contribution in [3.8, 4) is 11.3 Å². The van der Waals surface area contributed by atoms with Crippen molar-refractivity contribution in [2.45, 2.75) is 19.5 Å². The van der Waals surface area contributed by atoms with Crippen LogP contribution in [0.3, 0.4) is 0 Å². The summed E-state index contributed by atoms with van der Waals surface area (Å²) in [4.78, 5) is 19.1. The average Bonchev–Trinajstić information content (AvgIpc) is 3.08. The van der Waals surface area contributed by atoms with Crippen LogP contribution in [0.5, 0.6) is 0 Å². The number of pyridine rings is 1. The van der Waals surface area contributed by atoms with Gasteiger partial charge in [0.2, 0.25) is 0 Å². The maximum atomic E-state index is 12.5. The number of nitrogens with one attached hydrogen (secondary N) is 1. The molecule has 1 N–H and O–H groups in total. The molecule has 140 valence electrons. The number of carbonyl (C=O) groups is 1. The van der Waals surface area contributed by atoms with E-state index in [9.17, 15) is 4.79 Å². The predicted octanol–water partition coefficient (Wildman–Crippen LogP) is 3.03. The summed E-state index contributed by atoms with van der Waals surface area (Å²) in [5.41, 5.74) is 4.66. The molecule has 0 aliphatic heterocycles. The van der Waals surface area contributed by atoms with Gasteiger partial charge in [-0.3, -0.25) is 14.5 Å². The van der Waals surface area contributed by atoms with E-state index < -0.39 is 0 Å². The molecule has 1 aromatic carbocycles. The molecule has 0 fully saturated rings. The van der Waals surface area contributed by atoms with E-state index >= 15 is 0 Å². The molecule has 0 saturated heterocycles. The molecule has 27 heavy (non-hydrogen) atoms. The quantitative estimate of drug-likeness (QED) is 0.731. The van der Waals surface area contributed by atoms with Crippen LogP contribution in [0.15, 0.2) is 55.0 Å². The molecule has 0 radical (unpaired) electrons. The third kappa shape index (κ3) is 4.80. The summed E-state index contributed by atoms with van der Waals surface area (Å²) in [6, 6.07) is 11.5. The fraction of sp³-hybridized carbons (Fsp3) is 0.286. The van der Waals surface area contributed by atoms with Crippen LogP contribution in [-0.2, 0) is 13.6 Å². The van der Waals surface area contributed by atoms with Gasteiger partial charge >= 0.3 is 0 Å². The van der Waals surface area contributed by atoms with Gasteiger partial charge in [0.25, 0.3) is 5.91 Å². The van der Waals surface area contributed by atoms with Gasteiger partial charge in [-0.25, -0.2) is 0 Å². The highest BCUT2D eigenvalue weighted by Gasteiger charge is 2.13. The molecule has 0 saturated carbocycles. The Morgan fingerprint density at radius 2 is 1.89 bits per heavy atom. The Balaban J connectivity index is 1.66. The first kappa shape index (κ1) is 18.8. The van der Waals surface area contributed by atoms with Crippen LogP contribution in [0.4, 0.5) is 0 Å². The Morgan fingerprint density at radius 3 is 2.44 bits per heavy atom. The number of hydrogen-bond donors (Lipinski definition) is 1. The second-order valence-corrected chi connectivity index (χ2v) is 7.01. The van der Waals surface area contributed by atoms with Crippen LogP contribution < -0.4 is 5.32 Å². The lowest BCUT2D eigenvalue weighted by molar-refractivity contribution is 0.0940. The highest BCUT2D eigenvalue weighted by atomic mass is 16.1. The SMILES string of the molecule is C[C@@H](NC(=O)c1ccc(-c2ccc(CN(C)C)cn2)cc1)c1cnn(C)c1. The van der Waals surface area contributed by atoms with Crippen LogP contribution in [0, 0.1) is 0 Å². The minimum absolute atomic E-state index is 0.100. The fourth-order valence-electron chi connectivity index (χ4n) is 2.87. The van der Waals surface area contributed by atoms with Gasteiger partial charge in [-0.15, -0.1) is 0 Å². The molecule has 3 rings (SSSR count). The van der Waals surface area contributed by atoms with E-state index in [0.29, 0.717) is 5.56 Å². The molecule has 2 heterocycles. The average molecular weight is 363 g/mol. The Morgan fingerprint density at radius 1 is 1.15 bits per heavy atom. The normalized spacial score (nSPS) is 12.2. The zero-order chi connectivity index (χ0) is 19.4. The molecular formula is C21H25N5O. The number of hydrogen-bond acceptors (Lipinski definition) is 4. The maximum Gasteiger partial charge on any atom is 0.251 e. The molecule has 1 amide bonds. The number of benzene rings is 1. The van der Waals surface area contributed by atoms with Crippen molar-refractivity contribution in [1.29, 1.82) is 0 Å². The van der Waals surface area contributed by atoms with Gasteiger partial charge in [-0.05, 0) is 44.8 Å². The summed E-state index contributed by atoms with van der Waals surface area (Å²) in [5.74, 6) is -0.104. The summed E-state index contributed by atoms with van der Waals surface area (Å²) in [6.07, 6.45) is 5.56. The molecule has 0 aliphatic carbocycles.